The van der Waals surface area contributed by atoms with Gasteiger partial charge in [0.25, 0.3) is 5.91 Å². The summed E-state index contributed by atoms with van der Waals surface area (Å²) in [6.07, 6.45) is 1.70. The highest BCUT2D eigenvalue weighted by Crippen LogP contribution is 2.38. The summed E-state index contributed by atoms with van der Waals surface area (Å²) in [6, 6.07) is 7.50. The molecule has 0 aliphatic carbocycles. The molecule has 2 aromatic rings. The monoisotopic (exact) mass is 370 g/mol. The molecule has 1 aliphatic heterocycles. The largest absolute Gasteiger partial charge is 0.399 e. The predicted molar refractivity (Wildman–Crippen MR) is 107 cm³/mol. The second-order valence-corrected chi connectivity index (χ2v) is 7.36. The molecule has 0 bridgehead atoms. The number of hydrogen-bond acceptors (Lipinski definition) is 6. The van der Waals surface area contributed by atoms with Crippen molar-refractivity contribution in [2.75, 3.05) is 12.3 Å². The lowest BCUT2D eigenvalue weighted by molar-refractivity contribution is -0.121. The van der Waals surface area contributed by atoms with Crippen LogP contribution in [0, 0.1) is 6.92 Å². The van der Waals surface area contributed by atoms with Gasteiger partial charge in [0, 0.05) is 17.6 Å². The maximum absolute atomic E-state index is 12.9. The molecule has 0 saturated carbocycles. The number of anilines is 1. The molecule has 1 amide bonds. The van der Waals surface area contributed by atoms with Gasteiger partial charge in [0.15, 0.2) is 5.17 Å². The Morgan fingerprint density at radius 3 is 2.72 bits per heavy atom. The summed E-state index contributed by atoms with van der Waals surface area (Å²) in [7, 11) is 0. The number of hydrogen-bond donors (Lipinski definition) is 1. The van der Waals surface area contributed by atoms with Crippen LogP contribution < -0.4 is 5.73 Å². The van der Waals surface area contributed by atoms with Crippen molar-refractivity contribution < 1.29 is 4.79 Å². The molecule has 7 heteroatoms. The van der Waals surface area contributed by atoms with Crippen LogP contribution in [0.4, 0.5) is 10.8 Å². The fourth-order valence-corrected chi connectivity index (χ4v) is 4.12. The zero-order chi connectivity index (χ0) is 18.0. The minimum atomic E-state index is -0.0637. The van der Waals surface area contributed by atoms with Crippen LogP contribution in [-0.4, -0.2) is 27.5 Å². The fourth-order valence-electron chi connectivity index (χ4n) is 2.35. The van der Waals surface area contributed by atoms with Crippen LogP contribution in [0.1, 0.15) is 18.2 Å². The third kappa shape index (κ3) is 3.67. The maximum atomic E-state index is 12.9. The number of allylic oxidation sites excluding steroid dienone is 1. The molecule has 1 saturated heterocycles. The van der Waals surface area contributed by atoms with E-state index < -0.39 is 0 Å². The van der Waals surface area contributed by atoms with E-state index in [9.17, 15) is 4.79 Å². The van der Waals surface area contributed by atoms with Crippen LogP contribution in [0.25, 0.3) is 5.57 Å². The van der Waals surface area contributed by atoms with Crippen molar-refractivity contribution in [2.45, 2.75) is 13.8 Å². The molecule has 0 atom stereocenters. The molecule has 0 radical (unpaired) electrons. The number of amidine groups is 1. The molecule has 0 unspecified atom stereocenters. The first-order valence-electron chi connectivity index (χ1n) is 7.68. The number of benzene rings is 1. The number of nitrogens with two attached hydrogens (primary N) is 1. The first kappa shape index (κ1) is 17.4. The Labute approximate surface area is 155 Å². The summed E-state index contributed by atoms with van der Waals surface area (Å²) in [4.78, 5) is 24.1. The van der Waals surface area contributed by atoms with E-state index in [0.29, 0.717) is 27.4 Å². The zero-order valence-electron chi connectivity index (χ0n) is 14.0. The number of carbonyl (C=O) groups excluding carboxylic acids is 1. The maximum Gasteiger partial charge on any atom is 0.267 e. The van der Waals surface area contributed by atoms with Gasteiger partial charge in [0.1, 0.15) is 0 Å². The standard InChI is InChI=1S/C18H18N4OS2/c1-4-9-22-16(23)15(12(3)13-5-7-14(19)8-6-13)25-18(22)21-17-20-11(2)10-24-17/h4-8,10H,1,9,19H2,2-3H3/b15-12-,21-18+. The lowest BCUT2D eigenvalue weighted by atomic mass is 10.1. The topological polar surface area (TPSA) is 71.6 Å². The van der Waals surface area contributed by atoms with Crippen LogP contribution >= 0.6 is 23.1 Å². The normalized spacial score (nSPS) is 18.1. The molecule has 1 fully saturated rings. The van der Waals surface area contributed by atoms with Crippen LogP contribution in [-0.2, 0) is 4.79 Å². The van der Waals surface area contributed by atoms with Crippen molar-refractivity contribution in [3.8, 4) is 0 Å². The molecule has 1 aliphatic rings. The van der Waals surface area contributed by atoms with Crippen molar-refractivity contribution in [1.82, 2.24) is 9.88 Å². The van der Waals surface area contributed by atoms with E-state index in [0.717, 1.165) is 16.8 Å². The van der Waals surface area contributed by atoms with Crippen molar-refractivity contribution in [3.63, 3.8) is 0 Å². The van der Waals surface area contributed by atoms with Crippen molar-refractivity contribution in [3.05, 3.63) is 58.5 Å². The van der Waals surface area contributed by atoms with Crippen LogP contribution in [0.15, 0.2) is 52.2 Å². The molecule has 5 nitrogen and oxygen atoms in total. The predicted octanol–water partition coefficient (Wildman–Crippen LogP) is 4.21. The summed E-state index contributed by atoms with van der Waals surface area (Å²) in [6.45, 7) is 8.01. The Kier molecular flexibility index (Phi) is 5.06. The summed E-state index contributed by atoms with van der Waals surface area (Å²) >= 11 is 2.83. The molecule has 1 aromatic heterocycles. The van der Waals surface area contributed by atoms with Crippen molar-refractivity contribution >= 4 is 50.6 Å². The summed E-state index contributed by atoms with van der Waals surface area (Å²) in [5.74, 6) is -0.0637. The van der Waals surface area contributed by atoms with E-state index in [4.69, 9.17) is 5.73 Å². The van der Waals surface area contributed by atoms with Gasteiger partial charge >= 0.3 is 0 Å². The number of aromatic nitrogens is 1. The highest BCUT2D eigenvalue weighted by molar-refractivity contribution is 8.18. The summed E-state index contributed by atoms with van der Waals surface area (Å²) in [5.41, 5.74) is 9.24. The van der Waals surface area contributed by atoms with E-state index in [1.54, 1.807) is 11.0 Å². The van der Waals surface area contributed by atoms with Crippen LogP contribution in [0.5, 0.6) is 0 Å². The average molecular weight is 371 g/mol. The number of amides is 1. The molecular formula is C18H18N4OS2. The molecule has 2 N–H and O–H groups in total. The molecule has 25 heavy (non-hydrogen) atoms. The van der Waals surface area contributed by atoms with Crippen molar-refractivity contribution in [2.24, 2.45) is 4.99 Å². The second kappa shape index (κ2) is 7.25. The number of aliphatic imine (C=N–C) groups is 1. The number of rotatable bonds is 4. The van der Waals surface area contributed by atoms with Gasteiger partial charge < -0.3 is 5.73 Å². The van der Waals surface area contributed by atoms with E-state index in [1.807, 2.05) is 43.5 Å². The number of thioether (sulfide) groups is 1. The van der Waals surface area contributed by atoms with Gasteiger partial charge in [-0.3, -0.25) is 9.69 Å². The van der Waals surface area contributed by atoms with E-state index >= 15 is 0 Å². The van der Waals surface area contributed by atoms with Gasteiger partial charge in [0.05, 0.1) is 10.6 Å². The zero-order valence-corrected chi connectivity index (χ0v) is 15.7. The summed E-state index contributed by atoms with van der Waals surface area (Å²) in [5, 5.41) is 3.21. The average Bonchev–Trinajstić information content (AvgIpc) is 3.13. The SMILES string of the molecule is C=CCN1C(=O)/C(=C(\C)c2ccc(N)cc2)S/C1=N/c1nc(C)cs1. The molecular weight excluding hydrogens is 352 g/mol. The number of nitrogens with zero attached hydrogens (tertiary/aromatic N) is 3. The Bertz CT molecular complexity index is 881. The van der Waals surface area contributed by atoms with E-state index in [-0.39, 0.29) is 5.91 Å². The second-order valence-electron chi connectivity index (χ2n) is 5.55. The van der Waals surface area contributed by atoms with Gasteiger partial charge in [0.2, 0.25) is 5.13 Å². The first-order chi connectivity index (χ1) is 12.0. The lowest BCUT2D eigenvalue weighted by Gasteiger charge is -2.12. The third-order valence-corrected chi connectivity index (χ3v) is 5.69. The van der Waals surface area contributed by atoms with Gasteiger partial charge in [-0.25, -0.2) is 4.98 Å². The smallest absolute Gasteiger partial charge is 0.267 e. The number of nitrogen functional groups attached to an aromatic ring is 1. The highest BCUT2D eigenvalue weighted by atomic mass is 32.2. The highest BCUT2D eigenvalue weighted by Gasteiger charge is 2.34. The van der Waals surface area contributed by atoms with Crippen molar-refractivity contribution in [1.29, 1.82) is 0 Å². The molecule has 1 aromatic carbocycles. The number of carbonyl (C=O) groups is 1. The summed E-state index contributed by atoms with van der Waals surface area (Å²) < 4.78 is 0. The van der Waals surface area contributed by atoms with Gasteiger partial charge in [-0.1, -0.05) is 18.2 Å². The number of aryl methyl sites for hydroxylation is 1. The first-order valence-corrected chi connectivity index (χ1v) is 9.37. The van der Waals surface area contributed by atoms with Gasteiger partial charge in [-0.15, -0.1) is 17.9 Å². The Morgan fingerprint density at radius 1 is 1.40 bits per heavy atom. The number of thiazole rings is 1. The lowest BCUT2D eigenvalue weighted by Crippen LogP contribution is -2.29. The van der Waals surface area contributed by atoms with E-state index in [2.05, 4.69) is 16.6 Å². The molecule has 128 valence electrons. The Morgan fingerprint density at radius 2 is 2.12 bits per heavy atom. The Hall–Kier alpha value is -2.38. The molecule has 2 heterocycles. The van der Waals surface area contributed by atoms with Crippen LogP contribution in [0.2, 0.25) is 0 Å². The van der Waals surface area contributed by atoms with Crippen LogP contribution in [0.3, 0.4) is 0 Å². The fraction of sp³-hybridized carbons (Fsp3) is 0.167. The third-order valence-electron chi connectivity index (χ3n) is 3.66. The minimum Gasteiger partial charge on any atom is -0.399 e. The van der Waals surface area contributed by atoms with Gasteiger partial charge in [-0.2, -0.15) is 4.99 Å². The molecule has 3 rings (SSSR count). The molecule has 0 spiro atoms. The van der Waals surface area contributed by atoms with E-state index in [1.165, 1.54) is 23.1 Å². The van der Waals surface area contributed by atoms with Gasteiger partial charge in [-0.05, 0) is 48.9 Å². The minimum absolute atomic E-state index is 0.0637. The Balaban J connectivity index is 2.00. The quantitative estimate of drug-likeness (QED) is 0.497.